The maximum atomic E-state index is 12.8. The van der Waals surface area contributed by atoms with Gasteiger partial charge in [0.1, 0.15) is 0 Å². The van der Waals surface area contributed by atoms with Crippen LogP contribution in [0.3, 0.4) is 0 Å². The first kappa shape index (κ1) is 32.3. The number of hydrogen-bond acceptors (Lipinski definition) is 9. The molecule has 0 aliphatic heterocycles. The maximum absolute atomic E-state index is 12.8. The van der Waals surface area contributed by atoms with E-state index in [2.05, 4.69) is 41.5 Å². The van der Waals surface area contributed by atoms with E-state index in [9.17, 15) is 14.8 Å². The molecule has 0 aliphatic carbocycles. The monoisotopic (exact) mass is 518 g/mol. The van der Waals surface area contributed by atoms with Gasteiger partial charge < -0.3 is 28.5 Å². The molecule has 0 saturated heterocycles. The summed E-state index contributed by atoms with van der Waals surface area (Å²) in [7, 11) is -7.86. The molecular formula is C20H47O9PSi2. The number of rotatable bonds is 14. The van der Waals surface area contributed by atoms with Crippen LogP contribution in [0.15, 0.2) is 0 Å². The molecule has 0 amide bonds. The lowest BCUT2D eigenvalue weighted by atomic mass is 10.2. The molecule has 0 spiro atoms. The molecule has 0 aliphatic rings. The molecule has 32 heavy (non-hydrogen) atoms. The van der Waals surface area contributed by atoms with Gasteiger partial charge in [-0.1, -0.05) is 41.5 Å². The van der Waals surface area contributed by atoms with Crippen molar-refractivity contribution in [3.8, 4) is 0 Å². The molecule has 4 unspecified atom stereocenters. The van der Waals surface area contributed by atoms with E-state index < -0.39 is 50.0 Å². The summed E-state index contributed by atoms with van der Waals surface area (Å²) in [6.45, 7) is 20.8. The predicted octanol–water partition coefficient (Wildman–Crippen LogP) is 4.81. The molecular weight excluding hydrogens is 471 g/mol. The summed E-state index contributed by atoms with van der Waals surface area (Å²) in [6.07, 6.45) is -1.51. The second kappa shape index (κ2) is 12.9. The largest absolute Gasteiger partial charge is 0.391 e. The lowest BCUT2D eigenvalue weighted by Gasteiger charge is -2.39. The molecule has 0 aromatic carbocycles. The Kier molecular flexibility index (Phi) is 13.0. The summed E-state index contributed by atoms with van der Waals surface area (Å²) in [4.78, 5) is 0. The van der Waals surface area contributed by atoms with Crippen LogP contribution in [-0.4, -0.2) is 65.2 Å². The topological polar surface area (TPSA) is 113 Å². The van der Waals surface area contributed by atoms with Gasteiger partial charge in [-0.25, -0.2) is 0 Å². The molecule has 12 heteroatoms. The minimum absolute atomic E-state index is 0.0587. The average molecular weight is 519 g/mol. The fourth-order valence-electron chi connectivity index (χ4n) is 1.64. The maximum Gasteiger partial charge on any atom is 0.327 e. The van der Waals surface area contributed by atoms with Crippen LogP contribution >= 0.6 is 8.25 Å². The third kappa shape index (κ3) is 12.2. The summed E-state index contributed by atoms with van der Waals surface area (Å²) in [5.74, 6) is 0. The van der Waals surface area contributed by atoms with E-state index in [0.29, 0.717) is 0 Å². The Labute approximate surface area is 197 Å². The molecule has 0 fully saturated rings. The van der Waals surface area contributed by atoms with E-state index in [0.717, 1.165) is 0 Å². The number of aliphatic hydroxyl groups excluding tert-OH is 2. The quantitative estimate of drug-likeness (QED) is 0.190. The van der Waals surface area contributed by atoms with Crippen molar-refractivity contribution in [1.82, 2.24) is 0 Å². The molecule has 0 saturated carbocycles. The van der Waals surface area contributed by atoms with Gasteiger partial charge >= 0.3 is 8.25 Å². The first-order valence-corrected chi connectivity index (χ1v) is 18.0. The molecule has 9 nitrogen and oxygen atoms in total. The highest BCUT2D eigenvalue weighted by molar-refractivity contribution is 7.33. The van der Waals surface area contributed by atoms with Crippen molar-refractivity contribution in [2.45, 2.75) is 117 Å². The Balaban J connectivity index is 5.40. The molecule has 0 heterocycles. The van der Waals surface area contributed by atoms with Gasteiger partial charge in [0.25, 0.3) is 13.0 Å². The summed E-state index contributed by atoms with van der Waals surface area (Å²) < 4.78 is 46.9. The van der Waals surface area contributed by atoms with Crippen LogP contribution in [-0.2, 0) is 31.9 Å². The van der Waals surface area contributed by atoms with Gasteiger partial charge in [-0.05, 0) is 50.1 Å². The Morgan fingerprint density at radius 3 is 1.22 bits per heavy atom. The predicted molar refractivity (Wildman–Crippen MR) is 131 cm³/mol. The molecule has 0 rings (SSSR count). The smallest absolute Gasteiger partial charge is 0.327 e. The Morgan fingerprint density at radius 2 is 1.00 bits per heavy atom. The van der Waals surface area contributed by atoms with Crippen molar-refractivity contribution in [3.63, 3.8) is 0 Å². The highest BCUT2D eigenvalue weighted by Gasteiger charge is 2.42. The van der Waals surface area contributed by atoms with Gasteiger partial charge in [0.15, 0.2) is 16.6 Å². The number of ether oxygens (including phenoxy) is 2. The Hall–Kier alpha value is 0.344. The molecule has 194 valence electrons. The van der Waals surface area contributed by atoms with Crippen molar-refractivity contribution in [1.29, 1.82) is 0 Å². The third-order valence-electron chi connectivity index (χ3n) is 5.73. The minimum Gasteiger partial charge on any atom is -0.391 e. The molecule has 0 bridgehead atoms. The van der Waals surface area contributed by atoms with Crippen LogP contribution in [0, 0.1) is 0 Å². The van der Waals surface area contributed by atoms with E-state index in [-0.39, 0.29) is 23.3 Å². The van der Waals surface area contributed by atoms with Gasteiger partial charge in [0.05, 0.1) is 25.4 Å². The summed E-state index contributed by atoms with van der Waals surface area (Å²) >= 11 is 0. The van der Waals surface area contributed by atoms with Gasteiger partial charge in [-0.15, -0.1) is 0 Å². The van der Waals surface area contributed by atoms with Crippen LogP contribution in [0.4, 0.5) is 0 Å². The van der Waals surface area contributed by atoms with Gasteiger partial charge in [0.2, 0.25) is 0 Å². The Morgan fingerprint density at radius 1 is 0.719 bits per heavy atom. The molecule has 0 aromatic rings. The standard InChI is InChI=1S/C20H47O9PSi2/c1-15(21)13-24-17(28-31(9,10)19(3,4)5)26-30(23)27-18(25-14-16(2)22)29-32(11,12)20(6,7)8/h15-18,21-22,30H,13-14H2,1-12H3. The van der Waals surface area contributed by atoms with E-state index in [1.165, 1.54) is 0 Å². The minimum atomic E-state index is -3.18. The van der Waals surface area contributed by atoms with Crippen LogP contribution < -0.4 is 0 Å². The van der Waals surface area contributed by atoms with Gasteiger partial charge in [-0.3, -0.25) is 13.6 Å². The van der Waals surface area contributed by atoms with E-state index >= 15 is 0 Å². The SMILES string of the molecule is CC(O)COC(O[PH](=O)OC(OCC(C)O)O[Si](C)(C)C(C)(C)C)O[Si](C)(C)C(C)(C)C. The molecule has 0 radical (unpaired) electrons. The van der Waals surface area contributed by atoms with Gasteiger partial charge in [-0.2, -0.15) is 0 Å². The second-order valence-electron chi connectivity index (χ2n) is 11.2. The first-order chi connectivity index (χ1) is 14.2. The van der Waals surface area contributed by atoms with Crippen molar-refractivity contribution >= 4 is 24.9 Å². The molecule has 2 N–H and O–H groups in total. The molecule has 4 atom stereocenters. The van der Waals surface area contributed by atoms with Crippen molar-refractivity contribution < 1.29 is 42.2 Å². The summed E-state index contributed by atoms with van der Waals surface area (Å²) in [6, 6.07) is 0. The third-order valence-corrected chi connectivity index (χ3v) is 15.3. The molecule has 0 aromatic heterocycles. The van der Waals surface area contributed by atoms with Crippen LogP contribution in [0.25, 0.3) is 0 Å². The highest BCUT2D eigenvalue weighted by Crippen LogP contribution is 2.41. The zero-order valence-electron chi connectivity index (χ0n) is 22.0. The zero-order valence-corrected chi connectivity index (χ0v) is 25.0. The van der Waals surface area contributed by atoms with Crippen molar-refractivity contribution in [2.75, 3.05) is 13.2 Å². The van der Waals surface area contributed by atoms with E-state index in [4.69, 9.17) is 27.4 Å². The second-order valence-corrected chi connectivity index (χ2v) is 21.7. The van der Waals surface area contributed by atoms with Crippen LogP contribution in [0.1, 0.15) is 55.4 Å². The lowest BCUT2D eigenvalue weighted by Crippen LogP contribution is -2.46. The summed E-state index contributed by atoms with van der Waals surface area (Å²) in [5.41, 5.74) is 0. The number of aliphatic hydroxyl groups is 2. The van der Waals surface area contributed by atoms with E-state index in [1.54, 1.807) is 13.8 Å². The normalized spacial score (nSPS) is 18.8. The van der Waals surface area contributed by atoms with Crippen molar-refractivity contribution in [2.24, 2.45) is 0 Å². The zero-order chi connectivity index (χ0) is 25.5. The van der Waals surface area contributed by atoms with Crippen LogP contribution in [0.5, 0.6) is 0 Å². The summed E-state index contributed by atoms with van der Waals surface area (Å²) in [5, 5.41) is 18.9. The van der Waals surface area contributed by atoms with E-state index in [1.807, 2.05) is 26.2 Å². The van der Waals surface area contributed by atoms with Gasteiger partial charge in [0, 0.05) is 0 Å². The lowest BCUT2D eigenvalue weighted by molar-refractivity contribution is -0.240. The Bertz CT molecular complexity index is 524. The van der Waals surface area contributed by atoms with Crippen molar-refractivity contribution in [3.05, 3.63) is 0 Å². The van der Waals surface area contributed by atoms with Crippen LogP contribution in [0.2, 0.25) is 36.3 Å². The first-order valence-electron chi connectivity index (χ1n) is 11.0. The fourth-order valence-corrected chi connectivity index (χ4v) is 4.34. The highest BCUT2D eigenvalue weighted by atomic mass is 31.1. The average Bonchev–Trinajstić information content (AvgIpc) is 2.54. The fraction of sp³-hybridized carbons (Fsp3) is 1.00. The number of hydrogen-bond donors (Lipinski definition) is 2.